The van der Waals surface area contributed by atoms with Crippen LogP contribution in [0.5, 0.6) is 0 Å². The Labute approximate surface area is 190 Å². The summed E-state index contributed by atoms with van der Waals surface area (Å²) in [5.74, 6) is 0.914. The third-order valence-corrected chi connectivity index (χ3v) is 4.27. The molecule has 0 atom stereocenters. The summed E-state index contributed by atoms with van der Waals surface area (Å²) in [6, 6.07) is 38.1. The maximum Gasteiger partial charge on any atom is 0.0602 e. The smallest absolute Gasteiger partial charge is 0.0602 e. The zero-order valence-electron chi connectivity index (χ0n) is 16.1. The second-order valence-corrected chi connectivity index (χ2v) is 6.22. The van der Waals surface area contributed by atoms with Crippen molar-refractivity contribution in [2.45, 2.75) is 0 Å². The van der Waals surface area contributed by atoms with Crippen molar-refractivity contribution in [2.75, 3.05) is 0 Å². The monoisotopic (exact) mass is 566 g/mol. The van der Waals surface area contributed by atoms with E-state index in [-0.39, 0.29) is 20.1 Å². The van der Waals surface area contributed by atoms with E-state index < -0.39 is 0 Å². The number of pyridine rings is 1. The molecule has 0 bridgehead atoms. The van der Waals surface area contributed by atoms with Crippen molar-refractivity contribution >= 4 is 0 Å². The Bertz CT molecular complexity index is 1030. The summed E-state index contributed by atoms with van der Waals surface area (Å²) in [7, 11) is 0. The second-order valence-electron chi connectivity index (χ2n) is 6.22. The molecule has 5 rings (SSSR count). The number of hydrogen-bond acceptors (Lipinski definition) is 2. The van der Waals surface area contributed by atoms with E-state index in [4.69, 9.17) is 0 Å². The van der Waals surface area contributed by atoms with Gasteiger partial charge >= 0.3 is 0 Å². The van der Waals surface area contributed by atoms with Crippen LogP contribution in [0.1, 0.15) is 0 Å². The molecule has 0 spiro atoms. The summed E-state index contributed by atoms with van der Waals surface area (Å²) in [4.78, 5) is 8.61. The first kappa shape index (κ1) is 21.4. The zero-order valence-corrected chi connectivity index (χ0v) is 18.5. The second kappa shape index (κ2) is 11.0. The third-order valence-electron chi connectivity index (χ3n) is 4.27. The Morgan fingerprint density at radius 1 is 0.600 bits per heavy atom. The standard InChI is InChI=1S/C15H11N2.C11H8N.Ir/c1-3-7-13(8-4-1)15-16-11-12-17(15)14-9-5-2-6-10-14;1-2-6-10(7-3-1)11-8-4-5-9-12-11;/h1-7,9-12H;1-6,8-9H;/q2*-1;. The first-order valence-corrected chi connectivity index (χ1v) is 9.36. The topological polar surface area (TPSA) is 30.7 Å². The molecule has 0 N–H and O–H groups in total. The van der Waals surface area contributed by atoms with Gasteiger partial charge in [-0.2, -0.15) is 0 Å². The van der Waals surface area contributed by atoms with Gasteiger partial charge in [0.25, 0.3) is 0 Å². The number of hydrogen-bond donors (Lipinski definition) is 0. The molecule has 3 nitrogen and oxygen atoms in total. The molecule has 0 amide bonds. The van der Waals surface area contributed by atoms with Gasteiger partial charge in [-0.1, -0.05) is 30.3 Å². The maximum absolute atomic E-state index is 4.39. The van der Waals surface area contributed by atoms with Crippen molar-refractivity contribution in [2.24, 2.45) is 0 Å². The van der Waals surface area contributed by atoms with E-state index in [0.29, 0.717) is 0 Å². The molecule has 3 aromatic carbocycles. The van der Waals surface area contributed by atoms with Crippen LogP contribution in [0, 0.1) is 12.1 Å². The minimum absolute atomic E-state index is 0. The van der Waals surface area contributed by atoms with Crippen LogP contribution in [0.3, 0.4) is 0 Å². The van der Waals surface area contributed by atoms with Crippen molar-refractivity contribution in [3.8, 4) is 28.3 Å². The van der Waals surface area contributed by atoms with Crippen LogP contribution in [0.4, 0.5) is 0 Å². The summed E-state index contributed by atoms with van der Waals surface area (Å²) in [6.07, 6.45) is 5.56. The molecule has 4 heteroatoms. The Balaban J connectivity index is 0.000000175. The normalized spacial score (nSPS) is 9.73. The molecule has 5 aromatic rings. The Kier molecular flexibility index (Phi) is 7.85. The number of nitrogens with zero attached hydrogens (tertiary/aromatic N) is 3. The van der Waals surface area contributed by atoms with Gasteiger partial charge in [-0.3, -0.25) is 4.98 Å². The first-order valence-electron chi connectivity index (χ1n) is 9.36. The largest absolute Gasteiger partial charge is 0.340 e. The van der Waals surface area contributed by atoms with E-state index in [2.05, 4.69) is 38.8 Å². The van der Waals surface area contributed by atoms with E-state index in [1.165, 1.54) is 0 Å². The number of rotatable bonds is 3. The molecule has 0 aliphatic heterocycles. The summed E-state index contributed by atoms with van der Waals surface area (Å²) in [5.41, 5.74) is 4.12. The van der Waals surface area contributed by atoms with Crippen molar-refractivity contribution in [1.29, 1.82) is 0 Å². The van der Waals surface area contributed by atoms with Crippen molar-refractivity contribution in [3.05, 3.63) is 128 Å². The Morgan fingerprint density at radius 2 is 1.27 bits per heavy atom. The van der Waals surface area contributed by atoms with E-state index >= 15 is 0 Å². The summed E-state index contributed by atoms with van der Waals surface area (Å²) < 4.78 is 2.06. The molecule has 0 aliphatic rings. The number of aromatic nitrogens is 3. The van der Waals surface area contributed by atoms with Crippen LogP contribution in [-0.2, 0) is 20.1 Å². The molecule has 30 heavy (non-hydrogen) atoms. The van der Waals surface area contributed by atoms with Gasteiger partial charge in [-0.15, -0.1) is 71.8 Å². The molecular weight excluding hydrogens is 547 g/mol. The van der Waals surface area contributed by atoms with Gasteiger partial charge in [0.2, 0.25) is 0 Å². The third kappa shape index (κ3) is 5.38. The fraction of sp³-hybridized carbons (Fsp3) is 0. The van der Waals surface area contributed by atoms with E-state index in [1.54, 1.807) is 6.20 Å². The summed E-state index contributed by atoms with van der Waals surface area (Å²) >= 11 is 0. The van der Waals surface area contributed by atoms with Crippen LogP contribution < -0.4 is 0 Å². The molecular formula is C26H19IrN3-2. The van der Waals surface area contributed by atoms with Crippen LogP contribution in [-0.4, -0.2) is 14.5 Å². The maximum atomic E-state index is 4.39. The van der Waals surface area contributed by atoms with Gasteiger partial charge in [-0.25, -0.2) is 0 Å². The predicted molar refractivity (Wildman–Crippen MR) is 116 cm³/mol. The molecule has 0 aliphatic carbocycles. The molecule has 2 heterocycles. The Hall–Kier alpha value is -3.33. The van der Waals surface area contributed by atoms with Gasteiger partial charge in [-0.05, 0) is 23.9 Å². The quantitative estimate of drug-likeness (QED) is 0.256. The average molecular weight is 566 g/mol. The van der Waals surface area contributed by atoms with Crippen molar-refractivity contribution in [3.63, 3.8) is 0 Å². The average Bonchev–Trinajstić information content (AvgIpc) is 3.32. The number of benzene rings is 3. The molecule has 0 unspecified atom stereocenters. The van der Waals surface area contributed by atoms with Gasteiger partial charge in [0.15, 0.2) is 0 Å². The molecule has 2 aromatic heterocycles. The molecule has 0 saturated heterocycles. The van der Waals surface area contributed by atoms with Crippen LogP contribution in [0.2, 0.25) is 0 Å². The molecule has 0 saturated carbocycles. The first-order chi connectivity index (χ1) is 14.4. The fourth-order valence-corrected chi connectivity index (χ4v) is 2.91. The van der Waals surface area contributed by atoms with Gasteiger partial charge in [0.05, 0.1) is 5.82 Å². The zero-order chi connectivity index (χ0) is 19.7. The summed E-state index contributed by atoms with van der Waals surface area (Å²) in [5, 5.41) is 0. The van der Waals surface area contributed by atoms with Gasteiger partial charge in [0.1, 0.15) is 0 Å². The van der Waals surface area contributed by atoms with Crippen LogP contribution in [0.15, 0.2) is 116 Å². The van der Waals surface area contributed by atoms with Crippen LogP contribution >= 0.6 is 0 Å². The minimum atomic E-state index is 0. The molecule has 149 valence electrons. The number of imidazole rings is 1. The predicted octanol–water partition coefficient (Wildman–Crippen LogP) is 5.89. The Morgan fingerprint density at radius 3 is 1.90 bits per heavy atom. The molecule has 1 radical (unpaired) electrons. The SMILES string of the molecule is [Ir].[c-]1ccccc1-c1ccccn1.[c-]1ccccc1-c1nccn1-c1ccccc1. The van der Waals surface area contributed by atoms with Gasteiger partial charge < -0.3 is 9.55 Å². The van der Waals surface area contributed by atoms with Gasteiger partial charge in [0, 0.05) is 44.4 Å². The molecule has 0 fully saturated rings. The van der Waals surface area contributed by atoms with E-state index in [9.17, 15) is 0 Å². The van der Waals surface area contributed by atoms with E-state index in [0.717, 1.165) is 28.3 Å². The fourth-order valence-electron chi connectivity index (χ4n) is 2.91. The van der Waals surface area contributed by atoms with Crippen molar-refractivity contribution < 1.29 is 20.1 Å². The van der Waals surface area contributed by atoms with E-state index in [1.807, 2.05) is 97.3 Å². The minimum Gasteiger partial charge on any atom is -0.340 e. The van der Waals surface area contributed by atoms with Crippen molar-refractivity contribution in [1.82, 2.24) is 14.5 Å². The summed E-state index contributed by atoms with van der Waals surface area (Å²) in [6.45, 7) is 0. The van der Waals surface area contributed by atoms with Crippen LogP contribution in [0.25, 0.3) is 28.3 Å². The number of para-hydroxylation sites is 1.